The van der Waals surface area contributed by atoms with Gasteiger partial charge in [0, 0.05) is 35.2 Å². The summed E-state index contributed by atoms with van der Waals surface area (Å²) in [6.45, 7) is 0. The van der Waals surface area contributed by atoms with E-state index < -0.39 is 9.84 Å². The van der Waals surface area contributed by atoms with Crippen LogP contribution in [-0.2, 0) is 14.6 Å². The van der Waals surface area contributed by atoms with Crippen LogP contribution in [0.3, 0.4) is 0 Å². The lowest BCUT2D eigenvalue weighted by atomic mass is 9.99. The Labute approximate surface area is 161 Å². The van der Waals surface area contributed by atoms with Crippen LogP contribution in [0.4, 0.5) is 5.13 Å². The van der Waals surface area contributed by atoms with Crippen LogP contribution < -0.4 is 5.32 Å². The molecule has 2 aromatic heterocycles. The Morgan fingerprint density at radius 3 is 2.65 bits per heavy atom. The van der Waals surface area contributed by atoms with Gasteiger partial charge in [-0.3, -0.25) is 10.1 Å². The molecule has 2 aromatic rings. The third kappa shape index (κ3) is 4.49. The van der Waals surface area contributed by atoms with E-state index in [-0.39, 0.29) is 16.0 Å². The minimum atomic E-state index is -3.53. The molecule has 3 rings (SSSR count). The maximum Gasteiger partial charge on any atom is 0.257 e. The van der Waals surface area contributed by atoms with Gasteiger partial charge in [-0.05, 0) is 24.8 Å². The molecular weight excluding hydrogens is 394 g/mol. The van der Waals surface area contributed by atoms with Crippen molar-refractivity contribution in [1.29, 1.82) is 0 Å². The summed E-state index contributed by atoms with van der Waals surface area (Å²) in [5.74, 6) is -0.00257. The molecule has 0 aromatic carbocycles. The molecule has 2 heterocycles. The SMILES string of the molecule is CS(=O)(=O)c1ncc(/C(=C\C2CCCC2)C(=O)Nc2nccs2)cc1Cl. The van der Waals surface area contributed by atoms with Crippen LogP contribution >= 0.6 is 22.9 Å². The minimum Gasteiger partial charge on any atom is -0.298 e. The summed E-state index contributed by atoms with van der Waals surface area (Å²) in [4.78, 5) is 20.8. The Kier molecular flexibility index (Phi) is 5.74. The van der Waals surface area contributed by atoms with Crippen molar-refractivity contribution < 1.29 is 13.2 Å². The highest BCUT2D eigenvalue weighted by atomic mass is 35.5. The summed E-state index contributed by atoms with van der Waals surface area (Å²) in [5, 5.41) is 4.85. The average Bonchev–Trinajstić information content (AvgIpc) is 3.24. The highest BCUT2D eigenvalue weighted by Gasteiger charge is 2.21. The average molecular weight is 412 g/mol. The Balaban J connectivity index is 1.97. The molecule has 0 bridgehead atoms. The van der Waals surface area contributed by atoms with Crippen molar-refractivity contribution >= 4 is 49.4 Å². The minimum absolute atomic E-state index is 0.00405. The maximum atomic E-state index is 12.8. The summed E-state index contributed by atoms with van der Waals surface area (Å²) < 4.78 is 23.4. The van der Waals surface area contributed by atoms with Crippen LogP contribution in [0.5, 0.6) is 0 Å². The second-order valence-electron chi connectivity index (χ2n) is 6.20. The van der Waals surface area contributed by atoms with E-state index >= 15 is 0 Å². The number of hydrogen-bond acceptors (Lipinski definition) is 6. The quantitative estimate of drug-likeness (QED) is 0.755. The first-order valence-electron chi connectivity index (χ1n) is 8.13. The zero-order valence-electron chi connectivity index (χ0n) is 14.1. The normalized spacial score (nSPS) is 16.0. The first kappa shape index (κ1) is 19.0. The lowest BCUT2D eigenvalue weighted by Crippen LogP contribution is -2.15. The number of carbonyl (C=O) groups excluding carboxylic acids is 1. The van der Waals surface area contributed by atoms with Crippen molar-refractivity contribution in [3.63, 3.8) is 0 Å². The summed E-state index contributed by atoms with van der Waals surface area (Å²) in [7, 11) is -3.53. The fraction of sp³-hybridized carbons (Fsp3) is 0.353. The lowest BCUT2D eigenvalue weighted by Gasteiger charge is -2.12. The van der Waals surface area contributed by atoms with Crippen molar-refractivity contribution in [2.75, 3.05) is 11.6 Å². The fourth-order valence-corrected chi connectivity index (χ4v) is 4.73. The number of amides is 1. The third-order valence-corrected chi connectivity index (χ3v) is 6.29. The molecule has 6 nitrogen and oxygen atoms in total. The van der Waals surface area contributed by atoms with Gasteiger partial charge in [-0.15, -0.1) is 11.3 Å². The Morgan fingerprint density at radius 1 is 1.35 bits per heavy atom. The number of nitrogens with zero attached hydrogens (tertiary/aromatic N) is 2. The van der Waals surface area contributed by atoms with Crippen molar-refractivity contribution in [1.82, 2.24) is 9.97 Å². The van der Waals surface area contributed by atoms with E-state index in [2.05, 4.69) is 15.3 Å². The van der Waals surface area contributed by atoms with Gasteiger partial charge in [0.15, 0.2) is 20.0 Å². The number of aromatic nitrogens is 2. The molecule has 1 aliphatic rings. The van der Waals surface area contributed by atoms with Gasteiger partial charge in [-0.2, -0.15) is 0 Å². The van der Waals surface area contributed by atoms with Gasteiger partial charge in [0.05, 0.1) is 5.02 Å². The van der Waals surface area contributed by atoms with Gasteiger partial charge < -0.3 is 0 Å². The topological polar surface area (TPSA) is 89.0 Å². The summed E-state index contributed by atoms with van der Waals surface area (Å²) in [6.07, 6.45) is 10.3. The van der Waals surface area contributed by atoms with Gasteiger partial charge in [-0.25, -0.2) is 18.4 Å². The van der Waals surface area contributed by atoms with Crippen molar-refractivity contribution in [2.24, 2.45) is 5.92 Å². The number of hydrogen-bond donors (Lipinski definition) is 1. The highest BCUT2D eigenvalue weighted by molar-refractivity contribution is 7.90. The number of sulfone groups is 1. The smallest absolute Gasteiger partial charge is 0.257 e. The fourth-order valence-electron chi connectivity index (χ4n) is 2.96. The van der Waals surface area contributed by atoms with Crippen LogP contribution in [0.2, 0.25) is 5.02 Å². The van der Waals surface area contributed by atoms with Crippen LogP contribution in [0.25, 0.3) is 5.57 Å². The van der Waals surface area contributed by atoms with E-state index in [1.54, 1.807) is 11.6 Å². The molecule has 1 amide bonds. The molecule has 1 N–H and O–H groups in total. The number of carbonyl (C=O) groups is 1. The van der Waals surface area contributed by atoms with Gasteiger partial charge in [-0.1, -0.05) is 30.5 Å². The second kappa shape index (κ2) is 7.85. The van der Waals surface area contributed by atoms with E-state index in [4.69, 9.17) is 11.6 Å². The molecule has 0 saturated heterocycles. The number of pyridine rings is 1. The molecule has 26 heavy (non-hydrogen) atoms. The molecular formula is C17H18ClN3O3S2. The summed E-state index contributed by atoms with van der Waals surface area (Å²) >= 11 is 7.44. The Hall–Kier alpha value is -1.77. The summed E-state index contributed by atoms with van der Waals surface area (Å²) in [6, 6.07) is 1.48. The predicted molar refractivity (Wildman–Crippen MR) is 103 cm³/mol. The van der Waals surface area contributed by atoms with E-state index in [0.717, 1.165) is 31.9 Å². The monoisotopic (exact) mass is 411 g/mol. The lowest BCUT2D eigenvalue weighted by molar-refractivity contribution is -0.111. The second-order valence-corrected chi connectivity index (χ2v) is 9.43. The first-order valence-corrected chi connectivity index (χ1v) is 11.3. The van der Waals surface area contributed by atoms with Crippen molar-refractivity contribution in [2.45, 2.75) is 30.7 Å². The number of rotatable bonds is 5. The van der Waals surface area contributed by atoms with Crippen molar-refractivity contribution in [3.05, 3.63) is 40.5 Å². The van der Waals surface area contributed by atoms with E-state index in [9.17, 15) is 13.2 Å². The van der Waals surface area contributed by atoms with E-state index in [1.165, 1.54) is 23.6 Å². The highest BCUT2D eigenvalue weighted by Crippen LogP contribution is 2.31. The van der Waals surface area contributed by atoms with Crippen LogP contribution in [0.15, 0.2) is 34.9 Å². The molecule has 1 aliphatic carbocycles. The molecule has 0 spiro atoms. The molecule has 0 aliphatic heterocycles. The van der Waals surface area contributed by atoms with Gasteiger partial charge >= 0.3 is 0 Å². The number of allylic oxidation sites excluding steroid dienone is 1. The standard InChI is InChI=1S/C17H18ClN3O3S2/c1-26(23,24)16-14(18)9-12(10-20-16)13(8-11-4-2-3-5-11)15(22)21-17-19-6-7-25-17/h6-11H,2-5H2,1H3,(H,19,21,22)/b13-8+. The molecule has 0 unspecified atom stereocenters. The third-order valence-electron chi connectivity index (χ3n) is 4.17. The van der Waals surface area contributed by atoms with Gasteiger partial charge in [0.1, 0.15) is 0 Å². The summed E-state index contributed by atoms with van der Waals surface area (Å²) in [5.41, 5.74) is 0.921. The molecule has 138 valence electrons. The van der Waals surface area contributed by atoms with E-state index in [0.29, 0.717) is 22.2 Å². The largest absolute Gasteiger partial charge is 0.298 e. The van der Waals surface area contributed by atoms with E-state index in [1.807, 2.05) is 6.08 Å². The van der Waals surface area contributed by atoms with Crippen LogP contribution in [0, 0.1) is 5.92 Å². The molecule has 9 heteroatoms. The molecule has 1 fully saturated rings. The molecule has 1 saturated carbocycles. The van der Waals surface area contributed by atoms with Crippen molar-refractivity contribution in [3.8, 4) is 0 Å². The van der Waals surface area contributed by atoms with Crippen LogP contribution in [0.1, 0.15) is 31.2 Å². The molecule has 0 atom stereocenters. The number of nitrogens with one attached hydrogen (secondary N) is 1. The maximum absolute atomic E-state index is 12.8. The first-order chi connectivity index (χ1) is 12.3. The van der Waals surface area contributed by atoms with Gasteiger partial charge in [0.25, 0.3) is 5.91 Å². The number of thiazole rings is 1. The number of anilines is 1. The Morgan fingerprint density at radius 2 is 2.08 bits per heavy atom. The Bertz CT molecular complexity index is 934. The zero-order chi connectivity index (χ0) is 18.7. The zero-order valence-corrected chi connectivity index (χ0v) is 16.5. The predicted octanol–water partition coefficient (Wildman–Crippen LogP) is 3.81. The van der Waals surface area contributed by atoms with Crippen LogP contribution in [-0.4, -0.2) is 30.5 Å². The number of halogens is 1. The van der Waals surface area contributed by atoms with Gasteiger partial charge in [0.2, 0.25) is 0 Å². The molecule has 0 radical (unpaired) electrons.